The Morgan fingerprint density at radius 3 is 2.50 bits per heavy atom. The zero-order chi connectivity index (χ0) is 21.9. The van der Waals surface area contributed by atoms with E-state index in [-0.39, 0.29) is 12.3 Å². The first-order valence-corrected chi connectivity index (χ1v) is 10.7. The van der Waals surface area contributed by atoms with E-state index in [4.69, 9.17) is 14.0 Å². The lowest BCUT2D eigenvalue weighted by Crippen LogP contribution is -2.41. The van der Waals surface area contributed by atoms with E-state index in [2.05, 4.69) is 15.6 Å². The molecule has 1 aromatic carbocycles. The molecule has 4 rings (SSSR count). The van der Waals surface area contributed by atoms with Gasteiger partial charge in [0.25, 0.3) is 0 Å². The van der Waals surface area contributed by atoms with Crippen molar-refractivity contribution >= 4 is 29.7 Å². The molecule has 0 aliphatic carbocycles. The van der Waals surface area contributed by atoms with Crippen molar-refractivity contribution in [1.82, 2.24) is 14.5 Å². The Kier molecular flexibility index (Phi) is 4.94. The van der Waals surface area contributed by atoms with Crippen LogP contribution in [0.2, 0.25) is 0 Å². The fraction of sp³-hybridized carbons (Fsp3) is 0.636. The molecule has 162 valence electrons. The van der Waals surface area contributed by atoms with E-state index in [0.717, 1.165) is 29.3 Å². The molecule has 1 unspecified atom stereocenters. The topological polar surface area (TPSA) is 65.8 Å². The van der Waals surface area contributed by atoms with Gasteiger partial charge in [-0.3, -0.25) is 4.90 Å². The molecular weight excluding hydrogens is 381 g/mol. The van der Waals surface area contributed by atoms with Gasteiger partial charge in [0.1, 0.15) is 11.8 Å². The summed E-state index contributed by atoms with van der Waals surface area (Å²) in [5, 5.41) is 0. The SMILES string of the molecule is CC(C)(C)OC(=O)N1CCCC1n1cnc2ccc(B3OC(C)(C)C(C)(C)O3)cc21. The number of hydrogen-bond acceptors (Lipinski definition) is 5. The van der Waals surface area contributed by atoms with Gasteiger partial charge in [-0.05, 0) is 78.9 Å². The molecule has 1 aromatic heterocycles. The molecule has 0 N–H and O–H groups in total. The van der Waals surface area contributed by atoms with Crippen LogP contribution in [0.1, 0.15) is 67.5 Å². The Labute approximate surface area is 178 Å². The molecule has 2 aliphatic rings. The number of aromatic nitrogens is 2. The van der Waals surface area contributed by atoms with Crippen LogP contribution >= 0.6 is 0 Å². The summed E-state index contributed by atoms with van der Waals surface area (Å²) < 4.78 is 20.1. The van der Waals surface area contributed by atoms with Crippen molar-refractivity contribution < 1.29 is 18.8 Å². The summed E-state index contributed by atoms with van der Waals surface area (Å²) >= 11 is 0. The van der Waals surface area contributed by atoms with Gasteiger partial charge in [0.05, 0.1) is 28.6 Å². The third-order valence-electron chi connectivity index (χ3n) is 6.29. The first kappa shape index (κ1) is 21.2. The third-order valence-corrected chi connectivity index (χ3v) is 6.29. The second-order valence-electron chi connectivity index (χ2n) is 10.3. The minimum atomic E-state index is -0.523. The Morgan fingerprint density at radius 1 is 1.20 bits per heavy atom. The van der Waals surface area contributed by atoms with Crippen molar-refractivity contribution in [2.24, 2.45) is 0 Å². The van der Waals surface area contributed by atoms with Gasteiger partial charge in [-0.2, -0.15) is 0 Å². The lowest BCUT2D eigenvalue weighted by molar-refractivity contribution is 0.00578. The number of carbonyl (C=O) groups is 1. The van der Waals surface area contributed by atoms with E-state index in [9.17, 15) is 4.79 Å². The van der Waals surface area contributed by atoms with Crippen LogP contribution in [0.15, 0.2) is 24.5 Å². The largest absolute Gasteiger partial charge is 0.494 e. The molecule has 7 nitrogen and oxygen atoms in total. The minimum absolute atomic E-state index is 0.113. The van der Waals surface area contributed by atoms with Crippen molar-refractivity contribution in [3.05, 3.63) is 24.5 Å². The summed E-state index contributed by atoms with van der Waals surface area (Å²) in [6, 6.07) is 6.05. The maximum Gasteiger partial charge on any atom is 0.494 e. The summed E-state index contributed by atoms with van der Waals surface area (Å²) in [5.41, 5.74) is 1.47. The van der Waals surface area contributed by atoms with Gasteiger partial charge in [-0.25, -0.2) is 9.78 Å². The molecule has 2 aliphatic heterocycles. The predicted octanol–water partition coefficient (Wildman–Crippen LogP) is 3.87. The quantitative estimate of drug-likeness (QED) is 0.700. The van der Waals surface area contributed by atoms with Crippen LogP contribution in [0, 0.1) is 0 Å². The highest BCUT2D eigenvalue weighted by Crippen LogP contribution is 2.37. The van der Waals surface area contributed by atoms with Crippen molar-refractivity contribution in [3.8, 4) is 0 Å². The van der Waals surface area contributed by atoms with Crippen LogP contribution in [-0.4, -0.2) is 51.0 Å². The summed E-state index contributed by atoms with van der Waals surface area (Å²) in [7, 11) is -0.437. The number of amides is 1. The Balaban J connectivity index is 1.65. The molecule has 8 heteroatoms. The van der Waals surface area contributed by atoms with Crippen molar-refractivity contribution in [2.45, 2.75) is 84.3 Å². The first-order chi connectivity index (χ1) is 13.9. The van der Waals surface area contributed by atoms with Crippen LogP contribution in [0.3, 0.4) is 0 Å². The lowest BCUT2D eigenvalue weighted by atomic mass is 9.79. The van der Waals surface area contributed by atoms with Crippen molar-refractivity contribution in [3.63, 3.8) is 0 Å². The number of ether oxygens (including phenoxy) is 1. The molecule has 30 heavy (non-hydrogen) atoms. The molecule has 1 atom stereocenters. The Hall–Kier alpha value is -2.06. The average molecular weight is 413 g/mol. The number of fused-ring (bicyclic) bond motifs is 1. The molecule has 3 heterocycles. The number of rotatable bonds is 2. The lowest BCUT2D eigenvalue weighted by Gasteiger charge is -2.32. The van der Waals surface area contributed by atoms with E-state index >= 15 is 0 Å². The van der Waals surface area contributed by atoms with E-state index < -0.39 is 23.9 Å². The summed E-state index contributed by atoms with van der Waals surface area (Å²) in [6.45, 7) is 14.5. The van der Waals surface area contributed by atoms with Crippen LogP contribution in [0.5, 0.6) is 0 Å². The summed E-state index contributed by atoms with van der Waals surface area (Å²) in [4.78, 5) is 19.1. The van der Waals surface area contributed by atoms with Gasteiger partial charge in [0.2, 0.25) is 0 Å². The predicted molar refractivity (Wildman–Crippen MR) is 117 cm³/mol. The highest BCUT2D eigenvalue weighted by molar-refractivity contribution is 6.62. The van der Waals surface area contributed by atoms with Crippen molar-refractivity contribution in [1.29, 1.82) is 0 Å². The second-order valence-corrected chi connectivity index (χ2v) is 10.3. The number of carbonyl (C=O) groups excluding carboxylic acids is 1. The maximum atomic E-state index is 12.8. The van der Waals surface area contributed by atoms with Crippen molar-refractivity contribution in [2.75, 3.05) is 6.54 Å². The van der Waals surface area contributed by atoms with Crippen LogP contribution in [-0.2, 0) is 14.0 Å². The highest BCUT2D eigenvalue weighted by atomic mass is 16.7. The molecule has 2 aromatic rings. The Bertz CT molecular complexity index is 947. The summed E-state index contributed by atoms with van der Waals surface area (Å²) in [5.74, 6) is 0. The number of nitrogens with zero attached hydrogens (tertiary/aromatic N) is 3. The fourth-order valence-corrected chi connectivity index (χ4v) is 3.98. The maximum absolute atomic E-state index is 12.8. The van der Waals surface area contributed by atoms with Gasteiger partial charge in [0, 0.05) is 6.54 Å². The number of hydrogen-bond donors (Lipinski definition) is 0. The molecule has 0 radical (unpaired) electrons. The van der Waals surface area contributed by atoms with Gasteiger partial charge in [-0.1, -0.05) is 6.07 Å². The van der Waals surface area contributed by atoms with Crippen LogP contribution in [0.4, 0.5) is 4.79 Å². The molecule has 1 amide bonds. The average Bonchev–Trinajstić information content (AvgIpc) is 3.29. The van der Waals surface area contributed by atoms with E-state index in [1.165, 1.54) is 0 Å². The zero-order valence-corrected chi connectivity index (χ0v) is 19.1. The normalized spacial score (nSPS) is 23.4. The van der Waals surface area contributed by atoms with Gasteiger partial charge < -0.3 is 18.6 Å². The Morgan fingerprint density at radius 2 is 1.87 bits per heavy atom. The molecular formula is C22H32BN3O4. The molecule has 0 spiro atoms. The second kappa shape index (κ2) is 6.99. The molecule has 2 saturated heterocycles. The van der Waals surface area contributed by atoms with E-state index in [0.29, 0.717) is 6.54 Å². The van der Waals surface area contributed by atoms with Gasteiger partial charge >= 0.3 is 13.2 Å². The number of imidazole rings is 1. The van der Waals surface area contributed by atoms with Gasteiger partial charge in [-0.15, -0.1) is 0 Å². The van der Waals surface area contributed by atoms with Crippen LogP contribution < -0.4 is 5.46 Å². The monoisotopic (exact) mass is 413 g/mol. The number of likely N-dealkylation sites (tertiary alicyclic amines) is 1. The molecule has 2 fully saturated rings. The zero-order valence-electron chi connectivity index (χ0n) is 19.1. The standard InChI is InChI=1S/C22H32BN3O4/c1-20(2,3)28-19(27)25-12-8-9-18(25)26-14-24-16-11-10-15(13-17(16)26)23-29-21(4,5)22(6,7)30-23/h10-11,13-14,18H,8-9,12H2,1-7H3. The van der Waals surface area contributed by atoms with E-state index in [1.54, 1.807) is 4.90 Å². The first-order valence-electron chi connectivity index (χ1n) is 10.7. The molecule has 0 bridgehead atoms. The van der Waals surface area contributed by atoms with E-state index in [1.807, 2.05) is 66.9 Å². The highest BCUT2D eigenvalue weighted by Gasteiger charge is 2.51. The fourth-order valence-electron chi connectivity index (χ4n) is 3.98. The minimum Gasteiger partial charge on any atom is -0.444 e. The summed E-state index contributed by atoms with van der Waals surface area (Å²) in [6.07, 6.45) is 3.21. The third kappa shape index (κ3) is 3.71. The number of benzene rings is 1. The van der Waals surface area contributed by atoms with Crippen LogP contribution in [0.25, 0.3) is 11.0 Å². The van der Waals surface area contributed by atoms with Gasteiger partial charge in [0.15, 0.2) is 0 Å². The molecule has 0 saturated carbocycles. The smallest absolute Gasteiger partial charge is 0.444 e.